The molecule has 114 valence electrons. The molecule has 0 bridgehead atoms. The first-order chi connectivity index (χ1) is 10.1. The molecule has 0 unspecified atom stereocenters. The number of benzene rings is 1. The van der Waals surface area contributed by atoms with Crippen LogP contribution in [0, 0.1) is 0 Å². The van der Waals surface area contributed by atoms with Gasteiger partial charge in [0.15, 0.2) is 0 Å². The van der Waals surface area contributed by atoms with Gasteiger partial charge in [-0.3, -0.25) is 4.79 Å². The number of nitrogens with zero attached hydrogens (tertiary/aromatic N) is 1. The van der Waals surface area contributed by atoms with Crippen LogP contribution in [0.5, 0.6) is 0 Å². The third-order valence-corrected chi connectivity index (χ3v) is 4.91. The number of fused-ring (bicyclic) bond motifs is 1. The number of hydrogen-bond donors (Lipinski definition) is 1. The summed E-state index contributed by atoms with van der Waals surface area (Å²) in [7, 11) is 0. The second kappa shape index (κ2) is 5.78. The highest BCUT2D eigenvalue weighted by Gasteiger charge is 2.51. The Balaban J connectivity index is 1.77. The van der Waals surface area contributed by atoms with Crippen molar-refractivity contribution in [2.24, 2.45) is 0 Å². The van der Waals surface area contributed by atoms with Crippen LogP contribution >= 0.6 is 0 Å². The van der Waals surface area contributed by atoms with E-state index in [0.29, 0.717) is 6.61 Å². The molecule has 2 aliphatic rings. The van der Waals surface area contributed by atoms with Crippen LogP contribution in [0.1, 0.15) is 38.2 Å². The molecule has 2 heterocycles. The van der Waals surface area contributed by atoms with Crippen molar-refractivity contribution in [1.29, 1.82) is 0 Å². The van der Waals surface area contributed by atoms with E-state index in [1.54, 1.807) is 0 Å². The maximum absolute atomic E-state index is 12.1. The van der Waals surface area contributed by atoms with Crippen molar-refractivity contribution in [1.82, 2.24) is 4.90 Å². The highest BCUT2D eigenvalue weighted by molar-refractivity contribution is 5.78. The Kier molecular flexibility index (Phi) is 4.00. The van der Waals surface area contributed by atoms with E-state index < -0.39 is 11.7 Å². The van der Waals surface area contributed by atoms with Gasteiger partial charge >= 0.3 is 0 Å². The standard InChI is InChI=1S/C17H23NO3/c1-17(21-12-13-7-3-2-4-8-13)14-9-5-6-10-18(14)16(20)11-15(17)19/h2-4,7-8,14-15,19H,5-6,9-12H2,1H3/t14-,15-,17+/m0/s1. The summed E-state index contributed by atoms with van der Waals surface area (Å²) in [6.45, 7) is 3.21. The van der Waals surface area contributed by atoms with E-state index in [2.05, 4.69) is 0 Å². The number of piperidine rings is 2. The minimum absolute atomic E-state index is 0.00814. The molecule has 3 atom stereocenters. The SMILES string of the molecule is C[C@@]1(OCc2ccccc2)[C@@H]2CCCCN2C(=O)C[C@@H]1O. The van der Waals surface area contributed by atoms with E-state index in [4.69, 9.17) is 4.74 Å². The fourth-order valence-electron chi connectivity index (χ4n) is 3.54. The third kappa shape index (κ3) is 2.70. The van der Waals surface area contributed by atoms with Crippen molar-refractivity contribution in [3.8, 4) is 0 Å². The van der Waals surface area contributed by atoms with Gasteiger partial charge in [-0.05, 0) is 31.7 Å². The van der Waals surface area contributed by atoms with Crippen LogP contribution in [0.2, 0.25) is 0 Å². The zero-order chi connectivity index (χ0) is 14.9. The summed E-state index contributed by atoms with van der Waals surface area (Å²) in [5.41, 5.74) is 0.412. The zero-order valence-corrected chi connectivity index (χ0v) is 12.5. The average Bonchev–Trinajstić information content (AvgIpc) is 2.52. The van der Waals surface area contributed by atoms with Crippen LogP contribution in [0.25, 0.3) is 0 Å². The lowest BCUT2D eigenvalue weighted by Crippen LogP contribution is -2.66. The van der Waals surface area contributed by atoms with Gasteiger partial charge in [0.05, 0.1) is 25.2 Å². The molecule has 0 spiro atoms. The summed E-state index contributed by atoms with van der Waals surface area (Å²) in [4.78, 5) is 14.0. The Labute approximate surface area is 125 Å². The van der Waals surface area contributed by atoms with Gasteiger partial charge in [-0.25, -0.2) is 0 Å². The number of ether oxygens (including phenoxy) is 1. The molecule has 1 amide bonds. The van der Waals surface area contributed by atoms with Crippen LogP contribution in [0.15, 0.2) is 30.3 Å². The van der Waals surface area contributed by atoms with Crippen LogP contribution < -0.4 is 0 Å². The monoisotopic (exact) mass is 289 g/mol. The highest BCUT2D eigenvalue weighted by atomic mass is 16.5. The molecule has 0 aliphatic carbocycles. The van der Waals surface area contributed by atoms with Crippen LogP contribution in [-0.4, -0.2) is 40.2 Å². The van der Waals surface area contributed by atoms with Gasteiger partial charge in [-0.1, -0.05) is 30.3 Å². The lowest BCUT2D eigenvalue weighted by molar-refractivity contribution is -0.199. The Bertz CT molecular complexity index is 504. The minimum Gasteiger partial charge on any atom is -0.390 e. The quantitative estimate of drug-likeness (QED) is 0.927. The number of rotatable bonds is 3. The second-order valence-corrected chi connectivity index (χ2v) is 6.28. The van der Waals surface area contributed by atoms with Crippen molar-refractivity contribution in [2.45, 2.75) is 57.0 Å². The van der Waals surface area contributed by atoms with Crippen molar-refractivity contribution in [3.63, 3.8) is 0 Å². The normalized spacial score (nSPS) is 32.9. The van der Waals surface area contributed by atoms with E-state index in [1.165, 1.54) is 0 Å². The molecule has 1 N–H and O–H groups in total. The van der Waals surface area contributed by atoms with Gasteiger partial charge in [0, 0.05) is 6.54 Å². The van der Waals surface area contributed by atoms with E-state index in [0.717, 1.165) is 31.4 Å². The summed E-state index contributed by atoms with van der Waals surface area (Å²) >= 11 is 0. The molecule has 1 aromatic rings. The van der Waals surface area contributed by atoms with Crippen LogP contribution in [-0.2, 0) is 16.1 Å². The Hall–Kier alpha value is -1.39. The summed E-state index contributed by atoms with van der Waals surface area (Å²) in [6.07, 6.45) is 2.49. The van der Waals surface area contributed by atoms with E-state index >= 15 is 0 Å². The van der Waals surface area contributed by atoms with Gasteiger partial charge in [0.2, 0.25) is 5.91 Å². The molecule has 0 radical (unpaired) electrons. The number of carbonyl (C=O) groups is 1. The van der Waals surface area contributed by atoms with Gasteiger partial charge in [0.25, 0.3) is 0 Å². The van der Waals surface area contributed by atoms with Gasteiger partial charge < -0.3 is 14.7 Å². The first-order valence-corrected chi connectivity index (χ1v) is 7.76. The molecule has 3 rings (SSSR count). The lowest BCUT2D eigenvalue weighted by atomic mass is 9.78. The number of carbonyl (C=O) groups excluding carboxylic acids is 1. The van der Waals surface area contributed by atoms with Gasteiger partial charge in [-0.15, -0.1) is 0 Å². The van der Waals surface area contributed by atoms with E-state index in [-0.39, 0.29) is 18.4 Å². The molecule has 0 saturated carbocycles. The maximum Gasteiger partial charge on any atom is 0.225 e. The largest absolute Gasteiger partial charge is 0.390 e. The number of hydrogen-bond acceptors (Lipinski definition) is 3. The first kappa shape index (κ1) is 14.5. The fourth-order valence-corrected chi connectivity index (χ4v) is 3.54. The molecule has 4 heteroatoms. The maximum atomic E-state index is 12.1. The minimum atomic E-state index is -0.729. The molecule has 1 aromatic carbocycles. The molecule has 0 aromatic heterocycles. The predicted octanol–water partition coefficient (Wildman–Crippen LogP) is 2.11. The number of aliphatic hydroxyl groups is 1. The average molecular weight is 289 g/mol. The van der Waals surface area contributed by atoms with Gasteiger partial charge in [-0.2, -0.15) is 0 Å². The number of amides is 1. The van der Waals surface area contributed by atoms with Gasteiger partial charge in [0.1, 0.15) is 5.60 Å². The topological polar surface area (TPSA) is 49.8 Å². The van der Waals surface area contributed by atoms with Crippen LogP contribution in [0.3, 0.4) is 0 Å². The van der Waals surface area contributed by atoms with E-state index in [9.17, 15) is 9.90 Å². The molecule has 21 heavy (non-hydrogen) atoms. The smallest absolute Gasteiger partial charge is 0.225 e. The molecule has 2 aliphatic heterocycles. The Morgan fingerprint density at radius 1 is 1.33 bits per heavy atom. The first-order valence-electron chi connectivity index (χ1n) is 7.76. The van der Waals surface area contributed by atoms with Crippen LogP contribution in [0.4, 0.5) is 0 Å². The summed E-state index contributed by atoms with van der Waals surface area (Å²) in [5, 5.41) is 10.4. The van der Waals surface area contributed by atoms with E-state index in [1.807, 2.05) is 42.2 Å². The van der Waals surface area contributed by atoms with Crippen molar-refractivity contribution >= 4 is 5.91 Å². The Morgan fingerprint density at radius 3 is 2.86 bits per heavy atom. The molecular weight excluding hydrogens is 266 g/mol. The summed E-state index contributed by atoms with van der Waals surface area (Å²) < 4.78 is 6.14. The lowest BCUT2D eigenvalue weighted by Gasteiger charge is -2.52. The second-order valence-electron chi connectivity index (χ2n) is 6.28. The zero-order valence-electron chi connectivity index (χ0n) is 12.5. The molecule has 2 saturated heterocycles. The van der Waals surface area contributed by atoms with Crippen molar-refractivity contribution in [3.05, 3.63) is 35.9 Å². The van der Waals surface area contributed by atoms with Crippen molar-refractivity contribution < 1.29 is 14.6 Å². The van der Waals surface area contributed by atoms with Crippen molar-refractivity contribution in [2.75, 3.05) is 6.54 Å². The number of aliphatic hydroxyl groups excluding tert-OH is 1. The molecule has 2 fully saturated rings. The highest BCUT2D eigenvalue weighted by Crippen LogP contribution is 2.37. The summed E-state index contributed by atoms with van der Waals surface area (Å²) in [5.74, 6) is 0.0630. The Morgan fingerprint density at radius 2 is 2.10 bits per heavy atom. The molecule has 4 nitrogen and oxygen atoms in total. The fraction of sp³-hybridized carbons (Fsp3) is 0.588. The predicted molar refractivity (Wildman–Crippen MR) is 79.6 cm³/mol. The summed E-state index contributed by atoms with van der Waals surface area (Å²) in [6, 6.07) is 9.96. The third-order valence-electron chi connectivity index (χ3n) is 4.91. The molecular formula is C17H23NO3.